The van der Waals surface area contributed by atoms with Gasteiger partial charge in [-0.3, -0.25) is 16.3 Å². The Kier molecular flexibility index (Phi) is 3.49. The number of hydrazine groups is 1. The van der Waals surface area contributed by atoms with Crippen molar-refractivity contribution in [2.24, 2.45) is 5.84 Å². The van der Waals surface area contributed by atoms with Crippen LogP contribution in [-0.2, 0) is 0 Å². The summed E-state index contributed by atoms with van der Waals surface area (Å²) in [5.41, 5.74) is 5.12. The van der Waals surface area contributed by atoms with E-state index in [9.17, 15) is 0 Å². The highest BCUT2D eigenvalue weighted by Gasteiger charge is 2.08. The maximum Gasteiger partial charge on any atom is 0.0702 e. The largest absolute Gasteiger partial charge is 0.271 e. The molecular weight excluding hydrogens is 198 g/mol. The number of benzene rings is 1. The number of nitrogens with one attached hydrogen (secondary N) is 1. The molecule has 0 spiro atoms. The van der Waals surface area contributed by atoms with E-state index in [4.69, 9.17) is 5.84 Å². The molecule has 3 heteroatoms. The van der Waals surface area contributed by atoms with E-state index in [-0.39, 0.29) is 6.04 Å². The van der Waals surface area contributed by atoms with E-state index in [1.807, 2.05) is 18.3 Å². The smallest absolute Gasteiger partial charge is 0.0702 e. The van der Waals surface area contributed by atoms with Crippen LogP contribution in [0.1, 0.15) is 31.4 Å². The first-order valence-corrected chi connectivity index (χ1v) is 5.66. The zero-order valence-corrected chi connectivity index (χ0v) is 9.48. The van der Waals surface area contributed by atoms with E-state index in [0.29, 0.717) is 0 Å². The zero-order valence-electron chi connectivity index (χ0n) is 9.48. The number of pyridine rings is 1. The maximum atomic E-state index is 5.57. The fraction of sp³-hybridized carbons (Fsp3) is 0.308. The number of hydrogen-bond donors (Lipinski definition) is 2. The molecule has 0 radical (unpaired) electrons. The highest BCUT2D eigenvalue weighted by molar-refractivity contribution is 5.79. The predicted octanol–water partition coefficient (Wildman–Crippen LogP) is 2.54. The molecule has 0 saturated carbocycles. The van der Waals surface area contributed by atoms with Gasteiger partial charge in [-0.2, -0.15) is 0 Å². The molecule has 0 bridgehead atoms. The molecule has 1 atom stereocenters. The average molecular weight is 215 g/mol. The topological polar surface area (TPSA) is 50.9 Å². The van der Waals surface area contributed by atoms with Crippen molar-refractivity contribution >= 4 is 10.9 Å². The number of aromatic nitrogens is 1. The summed E-state index contributed by atoms with van der Waals surface area (Å²) in [7, 11) is 0. The molecule has 1 aromatic heterocycles. The van der Waals surface area contributed by atoms with Gasteiger partial charge in [-0.1, -0.05) is 25.5 Å². The van der Waals surface area contributed by atoms with E-state index in [0.717, 1.165) is 23.7 Å². The summed E-state index contributed by atoms with van der Waals surface area (Å²) in [4.78, 5) is 4.30. The molecule has 0 aliphatic carbocycles. The van der Waals surface area contributed by atoms with E-state index >= 15 is 0 Å². The van der Waals surface area contributed by atoms with Gasteiger partial charge >= 0.3 is 0 Å². The van der Waals surface area contributed by atoms with Crippen molar-refractivity contribution in [1.29, 1.82) is 0 Å². The van der Waals surface area contributed by atoms with E-state index in [2.05, 4.69) is 35.5 Å². The highest BCUT2D eigenvalue weighted by atomic mass is 15.2. The molecule has 0 aliphatic rings. The van der Waals surface area contributed by atoms with Crippen LogP contribution < -0.4 is 11.3 Å². The van der Waals surface area contributed by atoms with Crippen molar-refractivity contribution in [3.05, 3.63) is 42.1 Å². The van der Waals surface area contributed by atoms with Crippen molar-refractivity contribution in [2.45, 2.75) is 25.8 Å². The lowest BCUT2D eigenvalue weighted by molar-refractivity contribution is 0.510. The van der Waals surface area contributed by atoms with Crippen LogP contribution in [0, 0.1) is 0 Å². The number of fused-ring (bicyclic) bond motifs is 1. The Morgan fingerprint density at radius 3 is 3.00 bits per heavy atom. The second-order valence-corrected chi connectivity index (χ2v) is 3.96. The van der Waals surface area contributed by atoms with Crippen LogP contribution in [0.25, 0.3) is 10.9 Å². The number of hydrogen-bond acceptors (Lipinski definition) is 3. The van der Waals surface area contributed by atoms with Gasteiger partial charge in [0.15, 0.2) is 0 Å². The zero-order chi connectivity index (χ0) is 11.4. The molecular formula is C13H17N3. The maximum absolute atomic E-state index is 5.57. The van der Waals surface area contributed by atoms with E-state index < -0.39 is 0 Å². The Bertz CT molecular complexity index is 467. The van der Waals surface area contributed by atoms with Gasteiger partial charge in [-0.05, 0) is 30.2 Å². The Morgan fingerprint density at radius 1 is 1.38 bits per heavy atom. The fourth-order valence-electron chi connectivity index (χ4n) is 1.95. The molecule has 0 saturated heterocycles. The Morgan fingerprint density at radius 2 is 2.25 bits per heavy atom. The summed E-state index contributed by atoms with van der Waals surface area (Å²) in [5.74, 6) is 5.57. The van der Waals surface area contributed by atoms with Gasteiger partial charge in [0.1, 0.15) is 0 Å². The summed E-state index contributed by atoms with van der Waals surface area (Å²) in [6.45, 7) is 2.16. The Hall–Kier alpha value is -1.45. The van der Waals surface area contributed by atoms with E-state index in [1.165, 1.54) is 5.56 Å². The quantitative estimate of drug-likeness (QED) is 0.608. The molecule has 3 nitrogen and oxygen atoms in total. The first kappa shape index (κ1) is 11.0. The Balaban J connectivity index is 2.37. The monoisotopic (exact) mass is 215 g/mol. The first-order valence-electron chi connectivity index (χ1n) is 5.66. The molecule has 2 aromatic rings. The molecule has 16 heavy (non-hydrogen) atoms. The van der Waals surface area contributed by atoms with Gasteiger partial charge in [0.2, 0.25) is 0 Å². The average Bonchev–Trinajstić information content (AvgIpc) is 2.35. The van der Waals surface area contributed by atoms with E-state index in [1.54, 1.807) is 0 Å². The van der Waals surface area contributed by atoms with Crippen molar-refractivity contribution in [1.82, 2.24) is 10.4 Å². The summed E-state index contributed by atoms with van der Waals surface area (Å²) in [5, 5.41) is 1.16. The first-order chi connectivity index (χ1) is 7.85. The third-order valence-electron chi connectivity index (χ3n) is 2.81. The lowest BCUT2D eigenvalue weighted by Gasteiger charge is -2.15. The fourth-order valence-corrected chi connectivity index (χ4v) is 1.95. The summed E-state index contributed by atoms with van der Waals surface area (Å²) in [6.07, 6.45) is 3.97. The molecule has 3 N–H and O–H groups in total. The molecule has 1 aromatic carbocycles. The molecule has 0 fully saturated rings. The van der Waals surface area contributed by atoms with Gasteiger partial charge in [-0.25, -0.2) is 0 Å². The standard InChI is InChI=1S/C13H17N3/c1-2-4-13(16-14)11-6-7-12-10(9-11)5-3-8-15-12/h3,5-9,13,16H,2,4,14H2,1H3. The van der Waals surface area contributed by atoms with Crippen LogP contribution in [0.2, 0.25) is 0 Å². The summed E-state index contributed by atoms with van der Waals surface area (Å²) < 4.78 is 0. The molecule has 1 unspecified atom stereocenters. The third kappa shape index (κ3) is 2.21. The minimum absolute atomic E-state index is 0.231. The molecule has 1 heterocycles. The van der Waals surface area contributed by atoms with Gasteiger partial charge in [0.25, 0.3) is 0 Å². The van der Waals surface area contributed by atoms with Crippen molar-refractivity contribution in [2.75, 3.05) is 0 Å². The number of nitrogens with zero attached hydrogens (tertiary/aromatic N) is 1. The van der Waals surface area contributed by atoms with Crippen LogP contribution in [0.5, 0.6) is 0 Å². The number of nitrogens with two attached hydrogens (primary N) is 1. The predicted molar refractivity (Wildman–Crippen MR) is 66.7 cm³/mol. The third-order valence-corrected chi connectivity index (χ3v) is 2.81. The molecule has 84 valence electrons. The van der Waals surface area contributed by atoms with Crippen LogP contribution >= 0.6 is 0 Å². The van der Waals surface area contributed by atoms with Crippen molar-refractivity contribution in [3.63, 3.8) is 0 Å². The summed E-state index contributed by atoms with van der Waals surface area (Å²) in [6, 6.07) is 10.6. The van der Waals surface area contributed by atoms with Crippen LogP contribution in [0.3, 0.4) is 0 Å². The second kappa shape index (κ2) is 5.05. The normalized spacial score (nSPS) is 12.9. The minimum Gasteiger partial charge on any atom is -0.271 e. The molecule has 2 rings (SSSR count). The van der Waals surface area contributed by atoms with Gasteiger partial charge in [0, 0.05) is 17.6 Å². The van der Waals surface area contributed by atoms with Crippen LogP contribution in [-0.4, -0.2) is 4.98 Å². The van der Waals surface area contributed by atoms with Crippen LogP contribution in [0.4, 0.5) is 0 Å². The van der Waals surface area contributed by atoms with Crippen LogP contribution in [0.15, 0.2) is 36.5 Å². The lowest BCUT2D eigenvalue weighted by Crippen LogP contribution is -2.27. The number of rotatable bonds is 4. The highest BCUT2D eigenvalue weighted by Crippen LogP contribution is 2.21. The van der Waals surface area contributed by atoms with Gasteiger partial charge in [0.05, 0.1) is 5.52 Å². The minimum atomic E-state index is 0.231. The molecule has 0 aliphatic heterocycles. The Labute approximate surface area is 95.7 Å². The molecule has 0 amide bonds. The lowest BCUT2D eigenvalue weighted by atomic mass is 10.0. The second-order valence-electron chi connectivity index (χ2n) is 3.96. The van der Waals surface area contributed by atoms with Gasteiger partial charge < -0.3 is 0 Å². The van der Waals surface area contributed by atoms with Crippen molar-refractivity contribution < 1.29 is 0 Å². The van der Waals surface area contributed by atoms with Crippen molar-refractivity contribution in [3.8, 4) is 0 Å². The SMILES string of the molecule is CCCC(NN)c1ccc2ncccc2c1. The van der Waals surface area contributed by atoms with Gasteiger partial charge in [-0.15, -0.1) is 0 Å². The summed E-state index contributed by atoms with van der Waals surface area (Å²) >= 11 is 0.